The van der Waals surface area contributed by atoms with E-state index in [9.17, 15) is 17.6 Å². The van der Waals surface area contributed by atoms with Crippen molar-refractivity contribution >= 4 is 22.4 Å². The van der Waals surface area contributed by atoms with E-state index < -0.39 is 15.8 Å². The molecule has 1 aromatic carbocycles. The highest BCUT2D eigenvalue weighted by molar-refractivity contribution is 7.90. The third kappa shape index (κ3) is 3.62. The number of carbonyl (C=O) groups is 1. The van der Waals surface area contributed by atoms with Crippen LogP contribution in [-0.2, 0) is 10.0 Å². The number of rotatable bonds is 6. The van der Waals surface area contributed by atoms with E-state index >= 15 is 0 Å². The Labute approximate surface area is 150 Å². The maximum atomic E-state index is 14.2. The molecule has 2 heterocycles. The van der Waals surface area contributed by atoms with Crippen molar-refractivity contribution in [1.29, 1.82) is 0 Å². The summed E-state index contributed by atoms with van der Waals surface area (Å²) in [4.78, 5) is 15.2. The van der Waals surface area contributed by atoms with Crippen molar-refractivity contribution in [1.82, 2.24) is 8.96 Å². The van der Waals surface area contributed by atoms with E-state index in [4.69, 9.17) is 0 Å². The Hall–Kier alpha value is -3.06. The molecule has 0 aliphatic rings. The maximum absolute atomic E-state index is 14.2. The summed E-state index contributed by atoms with van der Waals surface area (Å²) in [6, 6.07) is 10.6. The van der Waals surface area contributed by atoms with Crippen molar-refractivity contribution in [3.8, 4) is 11.3 Å². The van der Waals surface area contributed by atoms with Crippen LogP contribution in [0.15, 0.2) is 67.1 Å². The number of carbonyl (C=O) groups excluding carboxylic acids is 1. The van der Waals surface area contributed by atoms with Crippen LogP contribution in [0, 0.1) is 5.82 Å². The predicted octanol–water partition coefficient (Wildman–Crippen LogP) is 3.39. The summed E-state index contributed by atoms with van der Waals surface area (Å²) in [6.45, 7) is 0. The SMILES string of the molecule is O=Cc1ccn(S(=O)(=O)CC=Cc2cccnc2)c1-c1ccccc1F. The van der Waals surface area contributed by atoms with Gasteiger partial charge in [0.1, 0.15) is 5.82 Å². The van der Waals surface area contributed by atoms with Crippen molar-refractivity contribution in [2.24, 2.45) is 0 Å². The Balaban J connectivity index is 1.98. The van der Waals surface area contributed by atoms with Crippen LogP contribution in [0.25, 0.3) is 17.3 Å². The second kappa shape index (κ2) is 7.45. The molecule has 3 aromatic rings. The number of halogens is 1. The summed E-state index contributed by atoms with van der Waals surface area (Å²) in [5, 5.41) is 0. The summed E-state index contributed by atoms with van der Waals surface area (Å²) >= 11 is 0. The Kier molecular flexibility index (Phi) is 5.09. The van der Waals surface area contributed by atoms with Crippen molar-refractivity contribution in [3.63, 3.8) is 0 Å². The topological polar surface area (TPSA) is 69.0 Å². The zero-order valence-corrected chi connectivity index (χ0v) is 14.4. The molecule has 0 aliphatic carbocycles. The van der Waals surface area contributed by atoms with Crippen LogP contribution in [0.2, 0.25) is 0 Å². The molecule has 0 fully saturated rings. The number of hydrogen-bond donors (Lipinski definition) is 0. The highest BCUT2D eigenvalue weighted by Crippen LogP contribution is 2.28. The molecule has 0 saturated carbocycles. The van der Waals surface area contributed by atoms with Gasteiger partial charge in [-0.3, -0.25) is 9.78 Å². The first-order valence-electron chi connectivity index (χ1n) is 7.74. The lowest BCUT2D eigenvalue weighted by atomic mass is 10.1. The first-order chi connectivity index (χ1) is 12.5. The summed E-state index contributed by atoms with van der Waals surface area (Å²) in [7, 11) is -3.83. The van der Waals surface area contributed by atoms with Gasteiger partial charge in [0.05, 0.1) is 11.4 Å². The number of hydrogen-bond acceptors (Lipinski definition) is 4. The molecule has 3 rings (SSSR count). The third-order valence-electron chi connectivity index (χ3n) is 3.74. The Morgan fingerprint density at radius 2 is 1.92 bits per heavy atom. The molecule has 0 spiro atoms. The van der Waals surface area contributed by atoms with Crippen molar-refractivity contribution < 1.29 is 17.6 Å². The van der Waals surface area contributed by atoms with E-state index in [1.165, 1.54) is 36.5 Å². The van der Waals surface area contributed by atoms with Gasteiger partial charge in [-0.1, -0.05) is 30.4 Å². The van der Waals surface area contributed by atoms with Gasteiger partial charge in [-0.15, -0.1) is 0 Å². The Morgan fingerprint density at radius 1 is 1.12 bits per heavy atom. The number of pyridine rings is 1. The molecule has 0 saturated heterocycles. The second-order valence-corrected chi connectivity index (χ2v) is 7.37. The van der Waals surface area contributed by atoms with E-state index in [2.05, 4.69) is 4.98 Å². The summed E-state index contributed by atoms with van der Waals surface area (Å²) in [5.74, 6) is -0.910. The minimum atomic E-state index is -3.83. The number of benzene rings is 1. The average molecular weight is 370 g/mol. The molecular weight excluding hydrogens is 355 g/mol. The molecule has 0 bridgehead atoms. The molecule has 0 radical (unpaired) electrons. The fourth-order valence-corrected chi connectivity index (χ4v) is 3.77. The van der Waals surface area contributed by atoms with E-state index in [1.54, 1.807) is 36.7 Å². The second-order valence-electron chi connectivity index (χ2n) is 5.48. The van der Waals surface area contributed by atoms with Gasteiger partial charge in [-0.2, -0.15) is 0 Å². The van der Waals surface area contributed by atoms with Crippen molar-refractivity contribution in [3.05, 3.63) is 84.1 Å². The van der Waals surface area contributed by atoms with Gasteiger partial charge >= 0.3 is 0 Å². The van der Waals surface area contributed by atoms with Crippen molar-refractivity contribution in [2.45, 2.75) is 0 Å². The highest BCUT2D eigenvalue weighted by atomic mass is 32.2. The fourth-order valence-electron chi connectivity index (χ4n) is 2.54. The molecule has 0 N–H and O–H groups in total. The smallest absolute Gasteiger partial charge is 0.242 e. The highest BCUT2D eigenvalue weighted by Gasteiger charge is 2.21. The van der Waals surface area contributed by atoms with Gasteiger partial charge in [0.15, 0.2) is 6.29 Å². The average Bonchev–Trinajstić information content (AvgIpc) is 3.08. The third-order valence-corrected chi connectivity index (χ3v) is 5.26. The van der Waals surface area contributed by atoms with Gasteiger partial charge < -0.3 is 0 Å². The standard InChI is InChI=1S/C19H15FN2O3S/c20-18-8-2-1-7-17(18)19-16(14-23)9-11-22(19)26(24,25)12-4-6-15-5-3-10-21-13-15/h1-11,13-14H,12H2. The molecule has 0 amide bonds. The molecule has 7 heteroatoms. The van der Waals surface area contributed by atoms with Crippen LogP contribution in [0.1, 0.15) is 15.9 Å². The fraction of sp³-hybridized carbons (Fsp3) is 0.0526. The number of nitrogens with zero attached hydrogens (tertiary/aromatic N) is 2. The minimum Gasteiger partial charge on any atom is -0.298 e. The monoisotopic (exact) mass is 370 g/mol. The minimum absolute atomic E-state index is 0.0212. The van der Waals surface area contributed by atoms with Gasteiger partial charge in [-0.05, 0) is 29.8 Å². The van der Waals surface area contributed by atoms with E-state index in [0.717, 1.165) is 9.54 Å². The van der Waals surface area contributed by atoms with Crippen LogP contribution < -0.4 is 0 Å². The van der Waals surface area contributed by atoms with Crippen molar-refractivity contribution in [2.75, 3.05) is 5.75 Å². The quantitative estimate of drug-likeness (QED) is 0.624. The van der Waals surface area contributed by atoms with Gasteiger partial charge in [0, 0.05) is 29.7 Å². The Bertz CT molecular complexity index is 1060. The molecule has 0 atom stereocenters. The first kappa shape index (κ1) is 17.8. The molecule has 26 heavy (non-hydrogen) atoms. The van der Waals surface area contributed by atoms with Gasteiger partial charge in [0.25, 0.3) is 0 Å². The van der Waals surface area contributed by atoms with E-state index in [1.807, 2.05) is 0 Å². The Morgan fingerprint density at radius 3 is 2.62 bits per heavy atom. The van der Waals surface area contributed by atoms with Gasteiger partial charge in [0.2, 0.25) is 10.0 Å². The lowest BCUT2D eigenvalue weighted by molar-refractivity contribution is 0.112. The van der Waals surface area contributed by atoms with Crippen LogP contribution in [-0.4, -0.2) is 29.4 Å². The number of aldehydes is 1. The summed E-state index contributed by atoms with van der Waals surface area (Å²) in [6.07, 6.45) is 8.12. The van der Waals surface area contributed by atoms with E-state index in [0.29, 0.717) is 6.29 Å². The maximum Gasteiger partial charge on any atom is 0.242 e. The molecule has 2 aromatic heterocycles. The van der Waals surface area contributed by atoms with Crippen LogP contribution in [0.3, 0.4) is 0 Å². The van der Waals surface area contributed by atoms with Crippen LogP contribution >= 0.6 is 0 Å². The lowest BCUT2D eigenvalue weighted by Crippen LogP contribution is -2.16. The molecular formula is C19H15FN2O3S. The first-order valence-corrected chi connectivity index (χ1v) is 9.35. The van der Waals surface area contributed by atoms with Gasteiger partial charge in [-0.25, -0.2) is 16.8 Å². The van der Waals surface area contributed by atoms with E-state index in [-0.39, 0.29) is 22.6 Å². The zero-order chi connectivity index (χ0) is 18.6. The summed E-state index contributed by atoms with van der Waals surface area (Å²) < 4.78 is 40.5. The normalized spacial score (nSPS) is 11.7. The zero-order valence-electron chi connectivity index (χ0n) is 13.6. The van der Waals surface area contributed by atoms with Crippen LogP contribution in [0.4, 0.5) is 4.39 Å². The predicted molar refractivity (Wildman–Crippen MR) is 97.7 cm³/mol. The molecule has 132 valence electrons. The number of aromatic nitrogens is 2. The molecule has 0 unspecified atom stereocenters. The van der Waals surface area contributed by atoms with Crippen LogP contribution in [0.5, 0.6) is 0 Å². The summed E-state index contributed by atoms with van der Waals surface area (Å²) in [5.41, 5.74) is 0.945. The largest absolute Gasteiger partial charge is 0.298 e. The molecule has 0 aliphatic heterocycles. The molecule has 5 nitrogen and oxygen atoms in total. The lowest BCUT2D eigenvalue weighted by Gasteiger charge is -2.11.